The van der Waals surface area contributed by atoms with Crippen molar-refractivity contribution < 1.29 is 4.79 Å². The molecule has 2 aliphatic rings. The number of amides is 1. The summed E-state index contributed by atoms with van der Waals surface area (Å²) in [5.74, 6) is 1.00. The van der Waals surface area contributed by atoms with Gasteiger partial charge in [0, 0.05) is 18.5 Å². The minimum absolute atomic E-state index is 0.201. The van der Waals surface area contributed by atoms with Crippen LogP contribution in [0.2, 0.25) is 0 Å². The summed E-state index contributed by atoms with van der Waals surface area (Å²) in [6.07, 6.45) is 6.22. The molecule has 3 heteroatoms. The van der Waals surface area contributed by atoms with Gasteiger partial charge in [-0.1, -0.05) is 20.8 Å². The molecule has 2 fully saturated rings. The molecule has 2 aliphatic carbocycles. The molecule has 4 atom stereocenters. The molecule has 2 bridgehead atoms. The SMILES string of the molecule is CC(N)CCCC(=O)NC1CC2CCC1(C)C2(C)C. The number of carbonyl (C=O) groups excluding carboxylic acids is 1. The van der Waals surface area contributed by atoms with Gasteiger partial charge in [-0.05, 0) is 55.8 Å². The van der Waals surface area contributed by atoms with E-state index in [1.54, 1.807) is 0 Å². The summed E-state index contributed by atoms with van der Waals surface area (Å²) in [6, 6.07) is 0.579. The summed E-state index contributed by atoms with van der Waals surface area (Å²) in [5.41, 5.74) is 6.37. The second-order valence-corrected chi connectivity index (χ2v) is 7.60. The van der Waals surface area contributed by atoms with Crippen LogP contribution in [0, 0.1) is 16.7 Å². The molecular weight excluding hydrogens is 236 g/mol. The molecule has 0 saturated heterocycles. The fraction of sp³-hybridized carbons (Fsp3) is 0.938. The smallest absolute Gasteiger partial charge is 0.220 e. The first-order valence-corrected chi connectivity index (χ1v) is 7.82. The lowest BCUT2D eigenvalue weighted by molar-refractivity contribution is -0.123. The highest BCUT2D eigenvalue weighted by Crippen LogP contribution is 2.65. The van der Waals surface area contributed by atoms with Crippen molar-refractivity contribution in [2.45, 2.75) is 78.3 Å². The predicted octanol–water partition coefficient (Wildman–Crippen LogP) is 2.83. The van der Waals surface area contributed by atoms with Crippen LogP contribution in [0.5, 0.6) is 0 Å². The molecule has 0 spiro atoms. The average molecular weight is 266 g/mol. The van der Waals surface area contributed by atoms with Gasteiger partial charge < -0.3 is 11.1 Å². The number of hydrogen-bond donors (Lipinski definition) is 2. The van der Waals surface area contributed by atoms with Crippen molar-refractivity contribution in [1.82, 2.24) is 5.32 Å². The van der Waals surface area contributed by atoms with Crippen LogP contribution in [-0.2, 0) is 4.79 Å². The van der Waals surface area contributed by atoms with E-state index in [1.807, 2.05) is 6.92 Å². The summed E-state index contributed by atoms with van der Waals surface area (Å²) >= 11 is 0. The van der Waals surface area contributed by atoms with Crippen LogP contribution in [0.25, 0.3) is 0 Å². The Labute approximate surface area is 117 Å². The topological polar surface area (TPSA) is 55.1 Å². The van der Waals surface area contributed by atoms with Gasteiger partial charge in [-0.3, -0.25) is 4.79 Å². The standard InChI is InChI=1S/C16H30N2O/c1-11(17)6-5-7-14(19)18-13-10-12-8-9-16(13,4)15(12,2)3/h11-13H,5-10,17H2,1-4H3,(H,18,19). The lowest BCUT2D eigenvalue weighted by Crippen LogP contribution is -2.46. The molecule has 0 aliphatic heterocycles. The van der Waals surface area contributed by atoms with E-state index in [4.69, 9.17) is 5.73 Å². The van der Waals surface area contributed by atoms with E-state index >= 15 is 0 Å². The Kier molecular flexibility index (Phi) is 3.97. The van der Waals surface area contributed by atoms with Crippen molar-refractivity contribution in [2.75, 3.05) is 0 Å². The van der Waals surface area contributed by atoms with Crippen molar-refractivity contribution in [2.24, 2.45) is 22.5 Å². The molecule has 0 aromatic rings. The lowest BCUT2D eigenvalue weighted by atomic mass is 9.69. The number of fused-ring (bicyclic) bond motifs is 2. The van der Waals surface area contributed by atoms with Crippen LogP contribution in [0.1, 0.15) is 66.2 Å². The molecule has 4 unspecified atom stereocenters. The molecule has 110 valence electrons. The normalized spacial score (nSPS) is 37.3. The maximum absolute atomic E-state index is 12.1. The molecule has 3 N–H and O–H groups in total. The Morgan fingerprint density at radius 2 is 2.11 bits per heavy atom. The summed E-state index contributed by atoms with van der Waals surface area (Å²) in [6.45, 7) is 9.13. The fourth-order valence-corrected chi connectivity index (χ4v) is 4.27. The number of hydrogen-bond acceptors (Lipinski definition) is 2. The number of carbonyl (C=O) groups is 1. The van der Waals surface area contributed by atoms with E-state index in [2.05, 4.69) is 26.1 Å². The summed E-state index contributed by atoms with van der Waals surface area (Å²) < 4.78 is 0. The highest BCUT2D eigenvalue weighted by Gasteiger charge is 2.61. The van der Waals surface area contributed by atoms with Crippen LogP contribution in [0.3, 0.4) is 0 Å². The van der Waals surface area contributed by atoms with Gasteiger partial charge in [0.2, 0.25) is 5.91 Å². The van der Waals surface area contributed by atoms with Gasteiger partial charge in [0.05, 0.1) is 0 Å². The first-order valence-electron chi connectivity index (χ1n) is 7.82. The van der Waals surface area contributed by atoms with Crippen molar-refractivity contribution in [3.05, 3.63) is 0 Å². The van der Waals surface area contributed by atoms with Gasteiger partial charge >= 0.3 is 0 Å². The first kappa shape index (κ1) is 14.8. The van der Waals surface area contributed by atoms with Crippen molar-refractivity contribution in [3.63, 3.8) is 0 Å². The Hall–Kier alpha value is -0.570. The molecule has 0 radical (unpaired) electrons. The Bertz CT molecular complexity index is 351. The van der Waals surface area contributed by atoms with Gasteiger partial charge in [-0.15, -0.1) is 0 Å². The first-order chi connectivity index (χ1) is 8.77. The second kappa shape index (κ2) is 5.08. The third-order valence-corrected chi connectivity index (χ3v) is 6.19. The zero-order valence-corrected chi connectivity index (χ0v) is 13.0. The highest BCUT2D eigenvalue weighted by atomic mass is 16.1. The minimum atomic E-state index is 0.201. The van der Waals surface area contributed by atoms with Crippen molar-refractivity contribution in [1.29, 1.82) is 0 Å². The largest absolute Gasteiger partial charge is 0.353 e. The molecule has 19 heavy (non-hydrogen) atoms. The molecule has 3 nitrogen and oxygen atoms in total. The zero-order valence-electron chi connectivity index (χ0n) is 13.0. The monoisotopic (exact) mass is 266 g/mol. The molecule has 0 aromatic heterocycles. The maximum atomic E-state index is 12.1. The number of nitrogens with two attached hydrogens (primary N) is 1. The Morgan fingerprint density at radius 3 is 2.58 bits per heavy atom. The van der Waals surface area contributed by atoms with Crippen LogP contribution >= 0.6 is 0 Å². The molecule has 2 rings (SSSR count). The molecule has 2 saturated carbocycles. The van der Waals surface area contributed by atoms with Crippen molar-refractivity contribution in [3.8, 4) is 0 Å². The van der Waals surface area contributed by atoms with E-state index in [0.717, 1.165) is 18.8 Å². The summed E-state index contributed by atoms with van der Waals surface area (Å²) in [5, 5.41) is 3.30. The van der Waals surface area contributed by atoms with Crippen LogP contribution in [0.4, 0.5) is 0 Å². The Balaban J connectivity index is 1.86. The molecule has 0 aromatic carbocycles. The average Bonchev–Trinajstić information content (AvgIpc) is 2.61. The van der Waals surface area contributed by atoms with Gasteiger partial charge in [0.15, 0.2) is 0 Å². The van der Waals surface area contributed by atoms with Crippen molar-refractivity contribution >= 4 is 5.91 Å². The van der Waals surface area contributed by atoms with E-state index in [9.17, 15) is 4.79 Å². The van der Waals surface area contributed by atoms with Gasteiger partial charge in [-0.25, -0.2) is 0 Å². The van der Waals surface area contributed by atoms with Gasteiger partial charge in [0.1, 0.15) is 0 Å². The minimum Gasteiger partial charge on any atom is -0.353 e. The predicted molar refractivity (Wildman–Crippen MR) is 78.7 cm³/mol. The molecule has 0 heterocycles. The third-order valence-electron chi connectivity index (χ3n) is 6.19. The Morgan fingerprint density at radius 1 is 1.42 bits per heavy atom. The van der Waals surface area contributed by atoms with E-state index in [-0.39, 0.29) is 17.4 Å². The van der Waals surface area contributed by atoms with Gasteiger partial charge in [-0.2, -0.15) is 0 Å². The molecular formula is C16H30N2O. The van der Waals surface area contributed by atoms with Crippen LogP contribution in [0.15, 0.2) is 0 Å². The quantitative estimate of drug-likeness (QED) is 0.804. The summed E-state index contributed by atoms with van der Waals surface area (Å²) in [4.78, 5) is 12.1. The molecule has 1 amide bonds. The van der Waals surface area contributed by atoms with E-state index in [1.165, 1.54) is 19.3 Å². The lowest BCUT2D eigenvalue weighted by Gasteiger charge is -2.39. The highest BCUT2D eigenvalue weighted by molar-refractivity contribution is 5.76. The zero-order chi connectivity index (χ0) is 14.3. The maximum Gasteiger partial charge on any atom is 0.220 e. The van der Waals surface area contributed by atoms with Gasteiger partial charge in [0.25, 0.3) is 0 Å². The van der Waals surface area contributed by atoms with Crippen LogP contribution < -0.4 is 11.1 Å². The van der Waals surface area contributed by atoms with E-state index < -0.39 is 0 Å². The summed E-state index contributed by atoms with van der Waals surface area (Å²) in [7, 11) is 0. The third kappa shape index (κ3) is 2.54. The number of rotatable bonds is 5. The fourth-order valence-electron chi connectivity index (χ4n) is 4.27. The number of nitrogens with one attached hydrogen (secondary N) is 1. The van der Waals surface area contributed by atoms with Crippen LogP contribution in [-0.4, -0.2) is 18.0 Å². The van der Waals surface area contributed by atoms with E-state index in [0.29, 0.717) is 17.9 Å². The second-order valence-electron chi connectivity index (χ2n) is 7.60.